The number of carboxylic acid groups (broad SMARTS) is 1. The molecule has 2 aliphatic rings. The first-order chi connectivity index (χ1) is 7.64. The molecule has 1 aliphatic carbocycles. The average Bonchev–Trinajstić information content (AvgIpc) is 2.88. The van der Waals surface area contributed by atoms with Crippen LogP contribution in [0.2, 0.25) is 0 Å². The third-order valence-corrected chi connectivity index (χ3v) is 4.69. The van der Waals surface area contributed by atoms with E-state index in [4.69, 9.17) is 0 Å². The summed E-state index contributed by atoms with van der Waals surface area (Å²) >= 11 is 1.77. The predicted molar refractivity (Wildman–Crippen MR) is 62.4 cm³/mol. The molecule has 1 unspecified atom stereocenters. The average molecular weight is 243 g/mol. The first-order valence-electron chi connectivity index (χ1n) is 5.77. The Balaban J connectivity index is 2.00. The number of aliphatic carboxylic acids is 1. The van der Waals surface area contributed by atoms with Crippen LogP contribution >= 0.6 is 11.8 Å². The summed E-state index contributed by atoms with van der Waals surface area (Å²) in [5.74, 6) is 0.930. The summed E-state index contributed by atoms with van der Waals surface area (Å²) in [6.45, 7) is 0. The molecular weight excluding hydrogens is 226 g/mol. The van der Waals surface area contributed by atoms with Gasteiger partial charge in [-0.15, -0.1) is 0 Å². The summed E-state index contributed by atoms with van der Waals surface area (Å²) in [6, 6.07) is 0. The highest BCUT2D eigenvalue weighted by molar-refractivity contribution is 7.99. The summed E-state index contributed by atoms with van der Waals surface area (Å²) in [5.41, 5.74) is -0.968. The monoisotopic (exact) mass is 243 g/mol. The first-order valence-corrected chi connectivity index (χ1v) is 6.93. The van der Waals surface area contributed by atoms with Crippen molar-refractivity contribution in [2.24, 2.45) is 5.92 Å². The number of carboxylic acids is 1. The van der Waals surface area contributed by atoms with Gasteiger partial charge in [-0.2, -0.15) is 11.8 Å². The molecule has 1 amide bonds. The Morgan fingerprint density at radius 2 is 2.00 bits per heavy atom. The molecule has 0 aromatic rings. The molecule has 1 aliphatic heterocycles. The number of rotatable bonds is 3. The van der Waals surface area contributed by atoms with Crippen LogP contribution in [0.1, 0.15) is 32.1 Å². The molecule has 1 heterocycles. The molecule has 2 rings (SSSR count). The molecule has 4 nitrogen and oxygen atoms in total. The molecule has 5 heteroatoms. The highest BCUT2D eigenvalue weighted by Crippen LogP contribution is 2.31. The number of carbonyl (C=O) groups excluding carboxylic acids is 1. The normalized spacial score (nSPS) is 27.9. The lowest BCUT2D eigenvalue weighted by Gasteiger charge is -2.26. The first kappa shape index (κ1) is 11.8. The standard InChI is InChI=1S/C11H17NO3S/c13-9(8-3-6-16-7-8)12-11(10(14)15)4-1-2-5-11/h8H,1-7H2,(H,12,13)(H,14,15). The van der Waals surface area contributed by atoms with Crippen molar-refractivity contribution < 1.29 is 14.7 Å². The van der Waals surface area contributed by atoms with Crippen LogP contribution in [0.5, 0.6) is 0 Å². The van der Waals surface area contributed by atoms with Crippen molar-refractivity contribution in [3.8, 4) is 0 Å². The quantitative estimate of drug-likeness (QED) is 0.783. The molecule has 1 saturated carbocycles. The van der Waals surface area contributed by atoms with Crippen LogP contribution in [-0.4, -0.2) is 34.0 Å². The van der Waals surface area contributed by atoms with E-state index in [-0.39, 0.29) is 11.8 Å². The zero-order chi connectivity index (χ0) is 11.6. The molecule has 1 saturated heterocycles. The van der Waals surface area contributed by atoms with Crippen molar-refractivity contribution in [2.75, 3.05) is 11.5 Å². The maximum atomic E-state index is 11.9. The SMILES string of the molecule is O=C(NC1(C(=O)O)CCCC1)C1CCSC1. The predicted octanol–water partition coefficient (Wildman–Crippen LogP) is 1.25. The topological polar surface area (TPSA) is 66.4 Å². The van der Waals surface area contributed by atoms with Crippen molar-refractivity contribution >= 4 is 23.6 Å². The maximum Gasteiger partial charge on any atom is 0.329 e. The van der Waals surface area contributed by atoms with Gasteiger partial charge in [-0.25, -0.2) is 4.79 Å². The molecule has 0 spiro atoms. The Hall–Kier alpha value is -0.710. The van der Waals surface area contributed by atoms with E-state index in [1.165, 1.54) is 0 Å². The Morgan fingerprint density at radius 1 is 1.31 bits per heavy atom. The fraction of sp³-hybridized carbons (Fsp3) is 0.818. The molecule has 0 aromatic carbocycles. The van der Waals surface area contributed by atoms with E-state index >= 15 is 0 Å². The van der Waals surface area contributed by atoms with Crippen LogP contribution in [0.4, 0.5) is 0 Å². The van der Waals surface area contributed by atoms with Crippen LogP contribution in [-0.2, 0) is 9.59 Å². The lowest BCUT2D eigenvalue weighted by atomic mass is 9.96. The number of amides is 1. The van der Waals surface area contributed by atoms with Gasteiger partial charge >= 0.3 is 5.97 Å². The van der Waals surface area contributed by atoms with Crippen LogP contribution in [0.3, 0.4) is 0 Å². The van der Waals surface area contributed by atoms with E-state index in [1.54, 1.807) is 11.8 Å². The van der Waals surface area contributed by atoms with E-state index in [9.17, 15) is 14.7 Å². The highest BCUT2D eigenvalue weighted by Gasteiger charge is 2.43. The number of thioether (sulfide) groups is 1. The number of hydrogen-bond donors (Lipinski definition) is 2. The largest absolute Gasteiger partial charge is 0.480 e. The summed E-state index contributed by atoms with van der Waals surface area (Å²) in [7, 11) is 0. The molecular formula is C11H17NO3S. The molecule has 0 radical (unpaired) electrons. The minimum Gasteiger partial charge on any atom is -0.480 e. The molecule has 16 heavy (non-hydrogen) atoms. The summed E-state index contributed by atoms with van der Waals surface area (Å²) in [5, 5.41) is 12.0. The van der Waals surface area contributed by atoms with Gasteiger partial charge in [0.25, 0.3) is 0 Å². The second kappa shape index (κ2) is 4.65. The highest BCUT2D eigenvalue weighted by atomic mass is 32.2. The lowest BCUT2D eigenvalue weighted by Crippen LogP contribution is -2.54. The second-order valence-electron chi connectivity index (χ2n) is 4.64. The molecule has 90 valence electrons. The van der Waals surface area contributed by atoms with Gasteiger partial charge in [-0.1, -0.05) is 12.8 Å². The molecule has 1 atom stereocenters. The van der Waals surface area contributed by atoms with E-state index in [1.807, 2.05) is 0 Å². The third kappa shape index (κ3) is 2.19. The van der Waals surface area contributed by atoms with E-state index in [2.05, 4.69) is 5.32 Å². The van der Waals surface area contributed by atoms with Gasteiger partial charge in [0.05, 0.1) is 0 Å². The van der Waals surface area contributed by atoms with Crippen LogP contribution in [0, 0.1) is 5.92 Å². The second-order valence-corrected chi connectivity index (χ2v) is 5.79. The fourth-order valence-electron chi connectivity index (χ4n) is 2.45. The van der Waals surface area contributed by atoms with Crippen molar-refractivity contribution in [3.05, 3.63) is 0 Å². The molecule has 0 bridgehead atoms. The van der Waals surface area contributed by atoms with Gasteiger partial charge in [0.2, 0.25) is 5.91 Å². The smallest absolute Gasteiger partial charge is 0.329 e. The van der Waals surface area contributed by atoms with Gasteiger partial charge in [-0.3, -0.25) is 4.79 Å². The van der Waals surface area contributed by atoms with Crippen LogP contribution in [0.15, 0.2) is 0 Å². The Morgan fingerprint density at radius 3 is 2.50 bits per heavy atom. The van der Waals surface area contributed by atoms with E-state index < -0.39 is 11.5 Å². The zero-order valence-corrected chi connectivity index (χ0v) is 10.0. The third-order valence-electron chi connectivity index (χ3n) is 3.53. The van der Waals surface area contributed by atoms with Crippen molar-refractivity contribution in [3.63, 3.8) is 0 Å². The van der Waals surface area contributed by atoms with Gasteiger partial charge in [-0.05, 0) is 25.0 Å². The fourth-order valence-corrected chi connectivity index (χ4v) is 3.67. The van der Waals surface area contributed by atoms with E-state index in [0.717, 1.165) is 30.8 Å². The van der Waals surface area contributed by atoms with Crippen molar-refractivity contribution in [2.45, 2.75) is 37.6 Å². The van der Waals surface area contributed by atoms with Crippen LogP contribution < -0.4 is 5.32 Å². The Labute approximate surface area is 99.2 Å². The minimum absolute atomic E-state index is 0.0156. The van der Waals surface area contributed by atoms with Gasteiger partial charge in [0, 0.05) is 11.7 Å². The number of carbonyl (C=O) groups is 2. The van der Waals surface area contributed by atoms with Crippen molar-refractivity contribution in [1.82, 2.24) is 5.32 Å². The van der Waals surface area contributed by atoms with Crippen molar-refractivity contribution in [1.29, 1.82) is 0 Å². The van der Waals surface area contributed by atoms with Crippen LogP contribution in [0.25, 0.3) is 0 Å². The molecule has 2 N–H and O–H groups in total. The Bertz CT molecular complexity index is 294. The summed E-state index contributed by atoms with van der Waals surface area (Å²) in [6.07, 6.45) is 3.83. The number of nitrogens with one attached hydrogen (secondary N) is 1. The number of hydrogen-bond acceptors (Lipinski definition) is 3. The van der Waals surface area contributed by atoms with Gasteiger partial charge in [0.1, 0.15) is 5.54 Å². The maximum absolute atomic E-state index is 11.9. The Kier molecular flexibility index (Phi) is 3.42. The molecule has 0 aromatic heterocycles. The summed E-state index contributed by atoms with van der Waals surface area (Å²) in [4.78, 5) is 23.2. The van der Waals surface area contributed by atoms with Gasteiger partial charge in [0.15, 0.2) is 0 Å². The summed E-state index contributed by atoms with van der Waals surface area (Å²) < 4.78 is 0. The van der Waals surface area contributed by atoms with Gasteiger partial charge < -0.3 is 10.4 Å². The van der Waals surface area contributed by atoms with E-state index in [0.29, 0.717) is 12.8 Å². The lowest BCUT2D eigenvalue weighted by molar-refractivity contribution is -0.148. The minimum atomic E-state index is -0.968. The zero-order valence-electron chi connectivity index (χ0n) is 9.20. The molecule has 2 fully saturated rings.